The summed E-state index contributed by atoms with van der Waals surface area (Å²) in [6.45, 7) is 4.20. The largest absolute Gasteiger partial charge is 0.354 e. The summed E-state index contributed by atoms with van der Waals surface area (Å²) in [7, 11) is 0. The molecule has 1 aromatic rings. The van der Waals surface area contributed by atoms with Crippen LogP contribution in [0.2, 0.25) is 0 Å². The summed E-state index contributed by atoms with van der Waals surface area (Å²) in [4.78, 5) is 23.5. The molecule has 3 amide bonds. The Bertz CT molecular complexity index is 465. The number of benzene rings is 1. The van der Waals surface area contributed by atoms with E-state index in [0.717, 1.165) is 13.1 Å². The van der Waals surface area contributed by atoms with Crippen molar-refractivity contribution in [3.8, 4) is 0 Å². The Balaban J connectivity index is 0.00000220. The molecule has 1 aliphatic rings. The van der Waals surface area contributed by atoms with Crippen molar-refractivity contribution < 1.29 is 9.59 Å². The summed E-state index contributed by atoms with van der Waals surface area (Å²) in [6, 6.07) is 8.16. The predicted molar refractivity (Wildman–Crippen MR) is 84.7 cm³/mol. The minimum absolute atomic E-state index is 0. The van der Waals surface area contributed by atoms with Crippen LogP contribution in [-0.4, -0.2) is 37.6 Å². The van der Waals surface area contributed by atoms with Crippen molar-refractivity contribution in [2.24, 2.45) is 5.92 Å². The molecule has 2 rings (SSSR count). The Kier molecular flexibility index (Phi) is 6.98. The van der Waals surface area contributed by atoms with Crippen molar-refractivity contribution in [2.45, 2.75) is 13.0 Å². The molecule has 1 fully saturated rings. The SMILES string of the molecule is CC(NC(=O)Nc1ccccc1)C(=O)NCC1CNC1.Cl. The number of hydrogen-bond donors (Lipinski definition) is 4. The van der Waals surface area contributed by atoms with Crippen LogP contribution in [-0.2, 0) is 4.79 Å². The summed E-state index contributed by atoms with van der Waals surface area (Å²) < 4.78 is 0. The van der Waals surface area contributed by atoms with Crippen molar-refractivity contribution >= 4 is 30.0 Å². The Hall–Kier alpha value is -1.79. The fourth-order valence-corrected chi connectivity index (χ4v) is 1.84. The number of amides is 3. The lowest BCUT2D eigenvalue weighted by atomic mass is 10.0. The quantitative estimate of drug-likeness (QED) is 0.653. The first kappa shape index (κ1) is 17.3. The highest BCUT2D eigenvalue weighted by Crippen LogP contribution is 2.04. The van der Waals surface area contributed by atoms with E-state index in [1.807, 2.05) is 18.2 Å². The molecule has 116 valence electrons. The third-order valence-electron chi connectivity index (χ3n) is 3.20. The minimum Gasteiger partial charge on any atom is -0.354 e. The molecule has 0 radical (unpaired) electrons. The minimum atomic E-state index is -0.563. The summed E-state index contributed by atoms with van der Waals surface area (Å²) in [5, 5.41) is 11.3. The fraction of sp³-hybridized carbons (Fsp3) is 0.429. The van der Waals surface area contributed by atoms with Gasteiger partial charge in [0, 0.05) is 31.2 Å². The van der Waals surface area contributed by atoms with Crippen LogP contribution in [0.5, 0.6) is 0 Å². The zero-order valence-electron chi connectivity index (χ0n) is 11.9. The number of urea groups is 1. The molecular weight excluding hydrogens is 292 g/mol. The number of anilines is 1. The van der Waals surface area contributed by atoms with Crippen LogP contribution in [0.4, 0.5) is 10.5 Å². The Morgan fingerprint density at radius 3 is 2.52 bits per heavy atom. The molecular formula is C14H21ClN4O2. The van der Waals surface area contributed by atoms with Crippen molar-refractivity contribution in [1.29, 1.82) is 0 Å². The van der Waals surface area contributed by atoms with Crippen LogP contribution in [0.15, 0.2) is 30.3 Å². The van der Waals surface area contributed by atoms with Crippen molar-refractivity contribution in [3.05, 3.63) is 30.3 Å². The van der Waals surface area contributed by atoms with Gasteiger partial charge >= 0.3 is 6.03 Å². The van der Waals surface area contributed by atoms with Gasteiger partial charge < -0.3 is 21.3 Å². The molecule has 1 aliphatic heterocycles. The Morgan fingerprint density at radius 1 is 1.29 bits per heavy atom. The normalized spacial score (nSPS) is 15.1. The number of hydrogen-bond acceptors (Lipinski definition) is 3. The topological polar surface area (TPSA) is 82.3 Å². The monoisotopic (exact) mass is 312 g/mol. The molecule has 6 nitrogen and oxygen atoms in total. The van der Waals surface area contributed by atoms with Gasteiger partial charge in [-0.15, -0.1) is 12.4 Å². The van der Waals surface area contributed by atoms with Gasteiger partial charge in [0.1, 0.15) is 6.04 Å². The molecule has 1 saturated heterocycles. The zero-order chi connectivity index (χ0) is 14.4. The number of rotatable bonds is 5. The first-order chi connectivity index (χ1) is 9.65. The molecule has 0 bridgehead atoms. The standard InChI is InChI=1S/C14H20N4O2.ClH/c1-10(13(19)16-9-11-7-15-8-11)17-14(20)18-12-5-3-2-4-6-12;/h2-6,10-11,15H,7-9H2,1H3,(H,16,19)(H2,17,18,20);1H. The fourth-order valence-electron chi connectivity index (χ4n) is 1.84. The van der Waals surface area contributed by atoms with E-state index in [1.165, 1.54) is 0 Å². The third-order valence-corrected chi connectivity index (χ3v) is 3.20. The Labute approximate surface area is 130 Å². The van der Waals surface area contributed by atoms with E-state index in [1.54, 1.807) is 19.1 Å². The first-order valence-electron chi connectivity index (χ1n) is 6.76. The van der Waals surface area contributed by atoms with Crippen molar-refractivity contribution in [1.82, 2.24) is 16.0 Å². The average molecular weight is 313 g/mol. The summed E-state index contributed by atoms with van der Waals surface area (Å²) in [5.74, 6) is 0.337. The number of para-hydroxylation sites is 1. The molecule has 7 heteroatoms. The third kappa shape index (κ3) is 5.61. The number of carbonyl (C=O) groups is 2. The summed E-state index contributed by atoms with van der Waals surface area (Å²) in [5.41, 5.74) is 0.693. The number of nitrogens with one attached hydrogen (secondary N) is 4. The smallest absolute Gasteiger partial charge is 0.319 e. The van der Waals surface area contributed by atoms with Crippen LogP contribution in [0.3, 0.4) is 0 Å². The van der Waals surface area contributed by atoms with Gasteiger partial charge in [0.15, 0.2) is 0 Å². The lowest BCUT2D eigenvalue weighted by molar-refractivity contribution is -0.122. The van der Waals surface area contributed by atoms with Gasteiger partial charge in [-0.2, -0.15) is 0 Å². The molecule has 0 aromatic heterocycles. The zero-order valence-corrected chi connectivity index (χ0v) is 12.7. The lowest BCUT2D eigenvalue weighted by Gasteiger charge is -2.27. The number of carbonyl (C=O) groups excluding carboxylic acids is 2. The molecule has 1 atom stereocenters. The maximum atomic E-state index is 11.8. The van der Waals surface area contributed by atoms with E-state index in [-0.39, 0.29) is 24.3 Å². The van der Waals surface area contributed by atoms with Crippen LogP contribution in [0.1, 0.15) is 6.92 Å². The molecule has 0 saturated carbocycles. The van der Waals surface area contributed by atoms with Gasteiger partial charge in [-0.25, -0.2) is 4.79 Å². The average Bonchev–Trinajstić information content (AvgIpc) is 2.37. The first-order valence-corrected chi connectivity index (χ1v) is 6.76. The maximum Gasteiger partial charge on any atom is 0.319 e. The van der Waals surface area contributed by atoms with E-state index in [0.29, 0.717) is 18.2 Å². The van der Waals surface area contributed by atoms with Crippen LogP contribution in [0.25, 0.3) is 0 Å². The second kappa shape index (κ2) is 8.49. The van der Waals surface area contributed by atoms with Crippen LogP contribution in [0, 0.1) is 5.92 Å². The molecule has 0 spiro atoms. The van der Waals surface area contributed by atoms with Crippen LogP contribution < -0.4 is 21.3 Å². The van der Waals surface area contributed by atoms with Gasteiger partial charge in [-0.1, -0.05) is 18.2 Å². The predicted octanol–water partition coefficient (Wildman–Crippen LogP) is 0.954. The second-order valence-electron chi connectivity index (χ2n) is 4.96. The molecule has 1 heterocycles. The van der Waals surface area contributed by atoms with Gasteiger partial charge in [-0.3, -0.25) is 4.79 Å². The summed E-state index contributed by atoms with van der Waals surface area (Å²) >= 11 is 0. The van der Waals surface area contributed by atoms with Crippen molar-refractivity contribution in [2.75, 3.05) is 25.0 Å². The Morgan fingerprint density at radius 2 is 1.95 bits per heavy atom. The molecule has 21 heavy (non-hydrogen) atoms. The second-order valence-corrected chi connectivity index (χ2v) is 4.96. The van der Waals surface area contributed by atoms with E-state index in [9.17, 15) is 9.59 Å². The molecule has 4 N–H and O–H groups in total. The number of halogens is 1. The van der Waals surface area contributed by atoms with Gasteiger partial charge in [-0.05, 0) is 19.1 Å². The van der Waals surface area contributed by atoms with Gasteiger partial charge in [0.25, 0.3) is 0 Å². The highest BCUT2D eigenvalue weighted by atomic mass is 35.5. The summed E-state index contributed by atoms with van der Waals surface area (Å²) in [6.07, 6.45) is 0. The van der Waals surface area contributed by atoms with E-state index in [2.05, 4.69) is 21.3 Å². The highest BCUT2D eigenvalue weighted by molar-refractivity contribution is 5.93. The van der Waals surface area contributed by atoms with Gasteiger partial charge in [0.05, 0.1) is 0 Å². The van der Waals surface area contributed by atoms with Gasteiger partial charge in [0.2, 0.25) is 5.91 Å². The highest BCUT2D eigenvalue weighted by Gasteiger charge is 2.20. The maximum absolute atomic E-state index is 11.8. The molecule has 1 aromatic carbocycles. The van der Waals surface area contributed by atoms with E-state index < -0.39 is 6.04 Å². The van der Waals surface area contributed by atoms with Crippen molar-refractivity contribution in [3.63, 3.8) is 0 Å². The van der Waals surface area contributed by atoms with E-state index in [4.69, 9.17) is 0 Å². The van der Waals surface area contributed by atoms with E-state index >= 15 is 0 Å². The molecule has 0 aliphatic carbocycles. The molecule has 1 unspecified atom stereocenters. The van der Waals surface area contributed by atoms with Crippen LogP contribution >= 0.6 is 12.4 Å². The lowest BCUT2D eigenvalue weighted by Crippen LogP contribution is -2.52.